The van der Waals surface area contributed by atoms with Gasteiger partial charge in [-0.05, 0) is 66.2 Å². The van der Waals surface area contributed by atoms with Gasteiger partial charge in [0.2, 0.25) is 15.9 Å². The smallest absolute Gasteiger partial charge is 0.243 e. The topological polar surface area (TPSA) is 122 Å². The molecule has 0 fully saturated rings. The predicted molar refractivity (Wildman–Crippen MR) is 122 cm³/mol. The number of hydrogen-bond acceptors (Lipinski definition) is 7. The van der Waals surface area contributed by atoms with E-state index in [-0.39, 0.29) is 17.3 Å². The highest BCUT2D eigenvalue weighted by molar-refractivity contribution is 7.89. The lowest BCUT2D eigenvalue weighted by Crippen LogP contribution is -2.30. The summed E-state index contributed by atoms with van der Waals surface area (Å²) in [4.78, 5) is 12.6. The summed E-state index contributed by atoms with van der Waals surface area (Å²) in [5.74, 6) is 0.402. The number of rotatable bonds is 9. The van der Waals surface area contributed by atoms with E-state index < -0.39 is 10.0 Å². The van der Waals surface area contributed by atoms with Gasteiger partial charge in [0.1, 0.15) is 0 Å². The van der Waals surface area contributed by atoms with Crippen molar-refractivity contribution in [3.63, 3.8) is 0 Å². The monoisotopic (exact) mass is 457 g/mol. The van der Waals surface area contributed by atoms with Gasteiger partial charge in [0.05, 0.1) is 17.1 Å². The summed E-state index contributed by atoms with van der Waals surface area (Å²) in [5, 5.41) is 17.4. The normalized spacial score (nSPS) is 11.5. The Balaban J connectivity index is 1.63. The Bertz CT molecular complexity index is 1190. The molecule has 32 heavy (non-hydrogen) atoms. The molecule has 170 valence electrons. The molecule has 0 spiro atoms. The third kappa shape index (κ3) is 5.11. The third-order valence-corrected chi connectivity index (χ3v) is 7.06. The molecule has 0 saturated carbocycles. The number of benzene rings is 2. The fraction of sp³-hybridized carbons (Fsp3) is 0.333. The number of anilines is 2. The maximum absolute atomic E-state index is 12.6. The zero-order chi connectivity index (χ0) is 23.3. The lowest BCUT2D eigenvalue weighted by molar-refractivity contribution is -0.114. The van der Waals surface area contributed by atoms with Crippen LogP contribution < -0.4 is 10.6 Å². The number of carbonyl (C=O) groups excluding carboxylic acids is 1. The van der Waals surface area contributed by atoms with Gasteiger partial charge in [-0.15, -0.1) is 5.10 Å². The number of sulfonamides is 1. The maximum Gasteiger partial charge on any atom is 0.243 e. The van der Waals surface area contributed by atoms with Gasteiger partial charge in [-0.3, -0.25) is 4.79 Å². The Labute approximate surface area is 187 Å². The largest absolute Gasteiger partial charge is 0.376 e. The average molecular weight is 458 g/mol. The molecule has 1 amide bonds. The SMILES string of the molecule is CCN(CC)S(=O)(=O)c1ccc(NC(=O)CNc2ccc(C)c(-n3nnnc3C)c2)cc1. The maximum atomic E-state index is 12.6. The van der Waals surface area contributed by atoms with Crippen molar-refractivity contribution in [2.75, 3.05) is 30.3 Å². The van der Waals surface area contributed by atoms with Crippen molar-refractivity contribution in [1.82, 2.24) is 24.5 Å². The number of aryl methyl sites for hydroxylation is 2. The average Bonchev–Trinajstić information content (AvgIpc) is 3.20. The molecule has 2 N–H and O–H groups in total. The highest BCUT2D eigenvalue weighted by Crippen LogP contribution is 2.20. The van der Waals surface area contributed by atoms with Crippen molar-refractivity contribution >= 4 is 27.3 Å². The van der Waals surface area contributed by atoms with Crippen LogP contribution in [0, 0.1) is 13.8 Å². The van der Waals surface area contributed by atoms with Crippen LogP contribution in [0.25, 0.3) is 5.69 Å². The molecule has 0 aliphatic rings. The van der Waals surface area contributed by atoms with Gasteiger partial charge in [0.25, 0.3) is 0 Å². The van der Waals surface area contributed by atoms with Crippen molar-refractivity contribution < 1.29 is 13.2 Å². The predicted octanol–water partition coefficient (Wildman–Crippen LogP) is 2.36. The Morgan fingerprint density at radius 1 is 1.03 bits per heavy atom. The molecule has 2 aromatic carbocycles. The van der Waals surface area contributed by atoms with Gasteiger partial charge in [-0.1, -0.05) is 19.9 Å². The molecule has 1 heterocycles. The number of aromatic nitrogens is 4. The van der Waals surface area contributed by atoms with Crippen LogP contribution in [0.3, 0.4) is 0 Å². The van der Waals surface area contributed by atoms with Crippen LogP contribution in [0.5, 0.6) is 0 Å². The summed E-state index contributed by atoms with van der Waals surface area (Å²) in [6, 6.07) is 11.8. The van der Waals surface area contributed by atoms with Crippen LogP contribution in [0.2, 0.25) is 0 Å². The number of nitrogens with zero attached hydrogens (tertiary/aromatic N) is 5. The quantitative estimate of drug-likeness (QED) is 0.506. The molecule has 0 aliphatic carbocycles. The molecule has 3 rings (SSSR count). The number of carbonyl (C=O) groups is 1. The lowest BCUT2D eigenvalue weighted by Gasteiger charge is -2.18. The lowest BCUT2D eigenvalue weighted by atomic mass is 10.2. The molecule has 0 saturated heterocycles. The summed E-state index contributed by atoms with van der Waals surface area (Å²) in [5.41, 5.74) is 3.08. The highest BCUT2D eigenvalue weighted by atomic mass is 32.2. The molecule has 0 bridgehead atoms. The van der Waals surface area contributed by atoms with Crippen molar-refractivity contribution in [1.29, 1.82) is 0 Å². The van der Waals surface area contributed by atoms with Crippen LogP contribution in [-0.2, 0) is 14.8 Å². The van der Waals surface area contributed by atoms with E-state index in [1.165, 1.54) is 16.4 Å². The van der Waals surface area contributed by atoms with E-state index in [0.717, 1.165) is 16.9 Å². The highest BCUT2D eigenvalue weighted by Gasteiger charge is 2.21. The summed E-state index contributed by atoms with van der Waals surface area (Å²) in [7, 11) is -3.53. The van der Waals surface area contributed by atoms with Crippen LogP contribution in [0.4, 0.5) is 11.4 Å². The van der Waals surface area contributed by atoms with Crippen molar-refractivity contribution in [3.05, 3.63) is 53.9 Å². The van der Waals surface area contributed by atoms with Crippen LogP contribution in [0.15, 0.2) is 47.4 Å². The second-order valence-corrected chi connectivity index (χ2v) is 9.09. The van der Waals surface area contributed by atoms with Gasteiger partial charge in [-0.2, -0.15) is 8.99 Å². The zero-order valence-electron chi connectivity index (χ0n) is 18.5. The molecule has 0 radical (unpaired) electrons. The van der Waals surface area contributed by atoms with Crippen molar-refractivity contribution in [2.24, 2.45) is 0 Å². The van der Waals surface area contributed by atoms with Crippen LogP contribution in [0.1, 0.15) is 25.2 Å². The minimum atomic E-state index is -3.53. The first-order chi connectivity index (χ1) is 15.3. The second kappa shape index (κ2) is 9.88. The molecular weight excluding hydrogens is 430 g/mol. The van der Waals surface area contributed by atoms with E-state index >= 15 is 0 Å². The van der Waals surface area contributed by atoms with Gasteiger partial charge in [-0.25, -0.2) is 8.42 Å². The van der Waals surface area contributed by atoms with Gasteiger partial charge in [0.15, 0.2) is 5.82 Å². The molecule has 10 nitrogen and oxygen atoms in total. The summed E-state index contributed by atoms with van der Waals surface area (Å²) in [6.45, 7) is 8.19. The van der Waals surface area contributed by atoms with E-state index in [2.05, 4.69) is 26.2 Å². The first-order valence-electron chi connectivity index (χ1n) is 10.3. The number of amides is 1. The number of tetrazole rings is 1. The first-order valence-corrected chi connectivity index (χ1v) is 11.7. The van der Waals surface area contributed by atoms with E-state index in [9.17, 15) is 13.2 Å². The van der Waals surface area contributed by atoms with E-state index in [1.807, 2.05) is 32.0 Å². The van der Waals surface area contributed by atoms with Gasteiger partial charge < -0.3 is 10.6 Å². The third-order valence-electron chi connectivity index (χ3n) is 5.00. The van der Waals surface area contributed by atoms with E-state index in [0.29, 0.717) is 24.6 Å². The van der Waals surface area contributed by atoms with E-state index in [1.54, 1.807) is 30.7 Å². The molecule has 1 aromatic heterocycles. The Morgan fingerprint density at radius 3 is 2.28 bits per heavy atom. The standard InChI is InChI=1S/C21H27N7O3S/c1-5-27(6-2)32(30,31)19-11-9-17(10-12-19)23-21(29)14-22-18-8-7-15(3)20(13-18)28-16(4)24-25-26-28/h7-13,22H,5-6,14H2,1-4H3,(H,23,29). The van der Waals surface area contributed by atoms with Crippen molar-refractivity contribution in [2.45, 2.75) is 32.6 Å². The molecule has 0 atom stereocenters. The minimum absolute atomic E-state index is 0.0383. The minimum Gasteiger partial charge on any atom is -0.376 e. The second-order valence-electron chi connectivity index (χ2n) is 7.15. The van der Waals surface area contributed by atoms with Gasteiger partial charge in [0, 0.05) is 24.5 Å². The summed E-state index contributed by atoms with van der Waals surface area (Å²) < 4.78 is 28.1. The van der Waals surface area contributed by atoms with Crippen molar-refractivity contribution in [3.8, 4) is 5.69 Å². The Hall–Kier alpha value is -3.31. The molecule has 0 aliphatic heterocycles. The van der Waals surface area contributed by atoms with Gasteiger partial charge >= 0.3 is 0 Å². The number of hydrogen-bond donors (Lipinski definition) is 2. The number of nitrogens with one attached hydrogen (secondary N) is 2. The Kier molecular flexibility index (Phi) is 7.21. The molecule has 0 unspecified atom stereocenters. The molecular formula is C21H27N7O3S. The fourth-order valence-electron chi connectivity index (χ4n) is 3.21. The first kappa shape index (κ1) is 23.4. The molecule has 11 heteroatoms. The van der Waals surface area contributed by atoms with E-state index in [4.69, 9.17) is 0 Å². The summed E-state index contributed by atoms with van der Waals surface area (Å²) in [6.07, 6.45) is 0. The Morgan fingerprint density at radius 2 is 1.69 bits per heavy atom. The zero-order valence-corrected chi connectivity index (χ0v) is 19.3. The summed E-state index contributed by atoms with van der Waals surface area (Å²) >= 11 is 0. The van der Waals surface area contributed by atoms with Crippen LogP contribution in [-0.4, -0.2) is 58.5 Å². The molecule has 3 aromatic rings. The van der Waals surface area contributed by atoms with Crippen LogP contribution >= 0.6 is 0 Å². The fourth-order valence-corrected chi connectivity index (χ4v) is 4.67.